The number of ether oxygens (including phenoxy) is 1. The third-order valence-electron chi connectivity index (χ3n) is 5.68. The molecule has 1 amide bonds. The predicted molar refractivity (Wildman–Crippen MR) is 124 cm³/mol. The lowest BCUT2D eigenvalue weighted by Gasteiger charge is -2.42. The van der Waals surface area contributed by atoms with Crippen molar-refractivity contribution < 1.29 is 9.53 Å². The lowest BCUT2D eigenvalue weighted by Crippen LogP contribution is -2.49. The summed E-state index contributed by atoms with van der Waals surface area (Å²) < 4.78 is 5.05. The van der Waals surface area contributed by atoms with Crippen LogP contribution in [0.15, 0.2) is 29.3 Å². The first-order valence-electron chi connectivity index (χ1n) is 9.77. The van der Waals surface area contributed by atoms with Gasteiger partial charge in [-0.1, -0.05) is 36.2 Å². The highest BCUT2D eigenvalue weighted by Crippen LogP contribution is 2.46. The summed E-state index contributed by atoms with van der Waals surface area (Å²) in [4.78, 5) is 18.1. The van der Waals surface area contributed by atoms with E-state index in [9.17, 15) is 4.79 Å². The highest BCUT2D eigenvalue weighted by molar-refractivity contribution is 14.0. The summed E-state index contributed by atoms with van der Waals surface area (Å²) in [5, 5.41) is 4.12. The van der Waals surface area contributed by atoms with Crippen LogP contribution in [0.25, 0.3) is 0 Å². The lowest BCUT2D eigenvalue weighted by molar-refractivity contribution is 0.0963. The van der Waals surface area contributed by atoms with Crippen molar-refractivity contribution >= 4 is 47.6 Å². The molecule has 0 bridgehead atoms. The zero-order valence-corrected chi connectivity index (χ0v) is 19.4. The van der Waals surface area contributed by atoms with Crippen molar-refractivity contribution in [3.8, 4) is 0 Å². The molecular formula is C20H30ClIN4O2. The molecule has 1 aromatic carbocycles. The Hall–Kier alpha value is -1.22. The number of piperidine rings is 1. The highest BCUT2D eigenvalue weighted by Gasteiger charge is 2.39. The van der Waals surface area contributed by atoms with Gasteiger partial charge in [0, 0.05) is 29.6 Å². The van der Waals surface area contributed by atoms with E-state index in [2.05, 4.69) is 16.4 Å². The molecule has 156 valence electrons. The summed E-state index contributed by atoms with van der Waals surface area (Å²) in [6, 6.07) is 8.27. The van der Waals surface area contributed by atoms with E-state index in [-0.39, 0.29) is 41.5 Å². The maximum Gasteiger partial charge on any atom is 0.409 e. The van der Waals surface area contributed by atoms with E-state index in [1.54, 1.807) is 4.90 Å². The lowest BCUT2D eigenvalue weighted by atomic mass is 9.64. The molecule has 1 saturated heterocycles. The molecule has 3 N–H and O–H groups in total. The second-order valence-corrected chi connectivity index (χ2v) is 7.83. The largest absolute Gasteiger partial charge is 0.450 e. The van der Waals surface area contributed by atoms with Crippen molar-refractivity contribution in [3.05, 3.63) is 34.9 Å². The van der Waals surface area contributed by atoms with E-state index in [1.807, 2.05) is 25.1 Å². The van der Waals surface area contributed by atoms with E-state index in [0.29, 0.717) is 32.2 Å². The van der Waals surface area contributed by atoms with Crippen molar-refractivity contribution in [2.24, 2.45) is 10.7 Å². The van der Waals surface area contributed by atoms with E-state index >= 15 is 0 Å². The minimum absolute atomic E-state index is 0. The zero-order valence-electron chi connectivity index (χ0n) is 16.3. The summed E-state index contributed by atoms with van der Waals surface area (Å²) in [5.41, 5.74) is 7.34. The van der Waals surface area contributed by atoms with Gasteiger partial charge >= 0.3 is 6.09 Å². The summed E-state index contributed by atoms with van der Waals surface area (Å²) in [7, 11) is 0. The van der Waals surface area contributed by atoms with Gasteiger partial charge in [-0.25, -0.2) is 4.79 Å². The van der Waals surface area contributed by atoms with Crippen LogP contribution in [0.5, 0.6) is 0 Å². The van der Waals surface area contributed by atoms with Gasteiger partial charge in [0.25, 0.3) is 0 Å². The fraction of sp³-hybridized carbons (Fsp3) is 0.600. The number of guanidine groups is 1. The van der Waals surface area contributed by atoms with Gasteiger partial charge in [0.1, 0.15) is 0 Å². The Labute approximate surface area is 189 Å². The molecule has 1 heterocycles. The van der Waals surface area contributed by atoms with Gasteiger partial charge in [-0.2, -0.15) is 0 Å². The number of amides is 1. The highest BCUT2D eigenvalue weighted by atomic mass is 127. The fourth-order valence-electron chi connectivity index (χ4n) is 3.92. The van der Waals surface area contributed by atoms with Gasteiger partial charge in [0.05, 0.1) is 13.2 Å². The minimum Gasteiger partial charge on any atom is -0.450 e. The first-order valence-corrected chi connectivity index (χ1v) is 10.1. The normalized spacial score (nSPS) is 19.4. The van der Waals surface area contributed by atoms with Crippen LogP contribution in [0.4, 0.5) is 4.79 Å². The summed E-state index contributed by atoms with van der Waals surface area (Å²) in [6.07, 6.45) is 4.82. The zero-order chi connectivity index (χ0) is 19.3. The standard InChI is InChI=1S/C20H29ClN4O2.HI/c1-2-27-19(26)25-12-8-15(9-13-25)24-18(22)23-14-20(10-5-11-20)16-6-3-4-7-17(16)21;/h3-4,6-7,15H,2,5,8-14H2,1H3,(H3,22,23,24);1H. The van der Waals surface area contributed by atoms with Gasteiger partial charge in [-0.15, -0.1) is 24.0 Å². The first-order chi connectivity index (χ1) is 13.0. The SMILES string of the molecule is CCOC(=O)N1CCC(NC(N)=NCC2(c3ccccc3Cl)CCC2)CC1.I. The number of hydrogen-bond donors (Lipinski definition) is 2. The van der Waals surface area contributed by atoms with E-state index in [4.69, 9.17) is 22.1 Å². The van der Waals surface area contributed by atoms with Gasteiger partial charge in [-0.3, -0.25) is 4.99 Å². The number of nitrogens with zero attached hydrogens (tertiary/aromatic N) is 2. The molecule has 0 radical (unpaired) electrons. The Morgan fingerprint density at radius 3 is 2.61 bits per heavy atom. The van der Waals surface area contributed by atoms with Crippen LogP contribution in [0, 0.1) is 0 Å². The van der Waals surface area contributed by atoms with Crippen LogP contribution in [0.3, 0.4) is 0 Å². The fourth-order valence-corrected chi connectivity index (χ4v) is 4.26. The van der Waals surface area contributed by atoms with Gasteiger partial charge in [-0.05, 0) is 44.2 Å². The summed E-state index contributed by atoms with van der Waals surface area (Å²) >= 11 is 6.42. The molecule has 6 nitrogen and oxygen atoms in total. The molecule has 1 aromatic rings. The Bertz CT molecular complexity index is 689. The molecule has 1 aliphatic carbocycles. The molecule has 28 heavy (non-hydrogen) atoms. The molecule has 1 aliphatic heterocycles. The molecular weight excluding hydrogens is 491 g/mol. The Kier molecular flexibility index (Phi) is 8.67. The number of aliphatic imine (C=N–C) groups is 1. The number of nitrogens with one attached hydrogen (secondary N) is 1. The van der Waals surface area contributed by atoms with Crippen LogP contribution in [-0.4, -0.2) is 49.2 Å². The number of halogens is 2. The van der Waals surface area contributed by atoms with Crippen LogP contribution in [-0.2, 0) is 10.2 Å². The van der Waals surface area contributed by atoms with Crippen LogP contribution >= 0.6 is 35.6 Å². The molecule has 1 saturated carbocycles. The number of carbonyl (C=O) groups excluding carboxylic acids is 1. The molecule has 0 spiro atoms. The molecule has 0 aromatic heterocycles. The van der Waals surface area contributed by atoms with E-state index in [0.717, 1.165) is 30.7 Å². The minimum atomic E-state index is -0.232. The average Bonchev–Trinajstić information content (AvgIpc) is 2.63. The second kappa shape index (κ2) is 10.5. The predicted octanol–water partition coefficient (Wildman–Crippen LogP) is 3.90. The van der Waals surface area contributed by atoms with Gasteiger partial charge < -0.3 is 20.7 Å². The molecule has 3 rings (SSSR count). The monoisotopic (exact) mass is 520 g/mol. The van der Waals surface area contributed by atoms with Crippen molar-refractivity contribution in [1.29, 1.82) is 0 Å². The van der Waals surface area contributed by atoms with Gasteiger partial charge in [0.15, 0.2) is 5.96 Å². The Morgan fingerprint density at radius 1 is 1.36 bits per heavy atom. The molecule has 0 atom stereocenters. The Balaban J connectivity index is 0.00000280. The van der Waals surface area contributed by atoms with E-state index in [1.165, 1.54) is 12.0 Å². The number of carbonyl (C=O) groups is 1. The summed E-state index contributed by atoms with van der Waals surface area (Å²) in [5.74, 6) is 0.475. The third-order valence-corrected chi connectivity index (χ3v) is 6.01. The number of nitrogens with two attached hydrogens (primary N) is 1. The quantitative estimate of drug-likeness (QED) is 0.351. The molecule has 8 heteroatoms. The smallest absolute Gasteiger partial charge is 0.409 e. The summed E-state index contributed by atoms with van der Waals surface area (Å²) in [6.45, 7) is 4.22. The van der Waals surface area contributed by atoms with Crippen LogP contribution in [0.2, 0.25) is 5.02 Å². The van der Waals surface area contributed by atoms with Crippen LogP contribution < -0.4 is 11.1 Å². The number of hydrogen-bond acceptors (Lipinski definition) is 3. The van der Waals surface area contributed by atoms with Crippen molar-refractivity contribution in [2.75, 3.05) is 26.2 Å². The number of rotatable bonds is 5. The molecule has 2 fully saturated rings. The number of benzene rings is 1. The maximum atomic E-state index is 11.8. The second-order valence-electron chi connectivity index (χ2n) is 7.42. The van der Waals surface area contributed by atoms with Gasteiger partial charge in [0.2, 0.25) is 0 Å². The van der Waals surface area contributed by atoms with E-state index < -0.39 is 0 Å². The number of likely N-dealkylation sites (tertiary alicyclic amines) is 1. The van der Waals surface area contributed by atoms with Crippen LogP contribution in [0.1, 0.15) is 44.6 Å². The molecule has 2 aliphatic rings. The van der Waals surface area contributed by atoms with Crippen molar-refractivity contribution in [2.45, 2.75) is 50.5 Å². The molecule has 0 unspecified atom stereocenters. The van der Waals surface area contributed by atoms with Crippen molar-refractivity contribution in [3.63, 3.8) is 0 Å². The van der Waals surface area contributed by atoms with Crippen molar-refractivity contribution in [1.82, 2.24) is 10.2 Å². The first kappa shape index (κ1) is 23.1. The Morgan fingerprint density at radius 2 is 2.04 bits per heavy atom. The third kappa shape index (κ3) is 5.43. The maximum absolute atomic E-state index is 11.8. The average molecular weight is 521 g/mol. The topological polar surface area (TPSA) is 80.0 Å².